The zero-order valence-electron chi connectivity index (χ0n) is 7.71. The van der Waals surface area contributed by atoms with Crippen LogP contribution in [0.2, 0.25) is 0 Å². The third-order valence-corrected chi connectivity index (χ3v) is 1.78. The summed E-state index contributed by atoms with van der Waals surface area (Å²) in [6.45, 7) is 1.82. The fourth-order valence-electron chi connectivity index (χ4n) is 1.08. The second-order valence-corrected chi connectivity index (χ2v) is 2.77. The number of nitrogens with one attached hydrogen (secondary N) is 1. The molecule has 14 heavy (non-hydrogen) atoms. The van der Waals surface area contributed by atoms with Gasteiger partial charge in [-0.15, -0.1) is 0 Å². The van der Waals surface area contributed by atoms with Crippen LogP contribution in [0.4, 0.5) is 4.79 Å². The molecule has 5 heteroatoms. The number of carbonyl (C=O) groups is 1. The molecule has 1 atom stereocenters. The summed E-state index contributed by atoms with van der Waals surface area (Å²) in [6, 6.07) is 8.61. The van der Waals surface area contributed by atoms with Crippen LogP contribution >= 0.6 is 0 Å². The molecule has 0 bridgehead atoms. The van der Waals surface area contributed by atoms with Gasteiger partial charge in [0.05, 0.1) is 6.04 Å². The fraction of sp³-hybridized carbons (Fsp3) is 0.222. The number of carbonyl (C=O) groups excluding carboxylic acids is 1. The number of benzene rings is 1. The van der Waals surface area contributed by atoms with E-state index in [1.54, 1.807) is 0 Å². The Bertz CT molecular complexity index is 356. The molecule has 0 aliphatic rings. The van der Waals surface area contributed by atoms with Gasteiger partial charge < -0.3 is 5.32 Å². The minimum absolute atomic E-state index is 0.158. The van der Waals surface area contributed by atoms with Crippen molar-refractivity contribution in [2.45, 2.75) is 13.0 Å². The molecule has 0 saturated carbocycles. The molecule has 1 rings (SSSR count). The van der Waals surface area contributed by atoms with Gasteiger partial charge in [0.25, 0.3) is 0 Å². The van der Waals surface area contributed by atoms with E-state index in [4.69, 9.17) is 5.53 Å². The van der Waals surface area contributed by atoms with Gasteiger partial charge in [0.2, 0.25) is 0 Å². The van der Waals surface area contributed by atoms with Crippen LogP contribution in [0, 0.1) is 0 Å². The molecule has 0 fully saturated rings. The van der Waals surface area contributed by atoms with Crippen LogP contribution in [0.3, 0.4) is 0 Å². The van der Waals surface area contributed by atoms with Crippen molar-refractivity contribution >= 4 is 6.03 Å². The zero-order chi connectivity index (χ0) is 10.4. The van der Waals surface area contributed by atoms with Crippen LogP contribution in [-0.2, 0) is 0 Å². The van der Waals surface area contributed by atoms with E-state index in [1.807, 2.05) is 37.3 Å². The Morgan fingerprint density at radius 2 is 2.14 bits per heavy atom. The predicted octanol–water partition coefficient (Wildman–Crippen LogP) is 2.77. The van der Waals surface area contributed by atoms with Crippen molar-refractivity contribution in [1.29, 1.82) is 0 Å². The van der Waals surface area contributed by atoms with E-state index in [1.165, 1.54) is 0 Å². The van der Waals surface area contributed by atoms with Crippen LogP contribution in [0.15, 0.2) is 35.4 Å². The Balaban J connectivity index is 2.63. The SMILES string of the molecule is C[C@@H](NC(=O)N=[N+]=[N-])c1ccccc1. The highest BCUT2D eigenvalue weighted by Gasteiger charge is 2.06. The van der Waals surface area contributed by atoms with Gasteiger partial charge in [-0.1, -0.05) is 30.3 Å². The summed E-state index contributed by atoms with van der Waals surface area (Å²) in [5, 5.41) is 5.46. The first kappa shape index (κ1) is 10.1. The van der Waals surface area contributed by atoms with Gasteiger partial charge in [-0.05, 0) is 18.0 Å². The lowest BCUT2D eigenvalue weighted by Gasteiger charge is -2.11. The van der Waals surface area contributed by atoms with Gasteiger partial charge >= 0.3 is 6.03 Å². The largest absolute Gasteiger partial charge is 0.344 e. The molecule has 2 amide bonds. The van der Waals surface area contributed by atoms with Crippen molar-refractivity contribution in [3.05, 3.63) is 46.3 Å². The fourth-order valence-corrected chi connectivity index (χ4v) is 1.08. The highest BCUT2D eigenvalue weighted by Crippen LogP contribution is 2.10. The van der Waals surface area contributed by atoms with E-state index < -0.39 is 6.03 Å². The maximum absolute atomic E-state index is 10.9. The second-order valence-electron chi connectivity index (χ2n) is 2.77. The average molecular weight is 190 g/mol. The summed E-state index contributed by atoms with van der Waals surface area (Å²) in [6.07, 6.45) is 0. The van der Waals surface area contributed by atoms with E-state index in [9.17, 15) is 4.79 Å². The lowest BCUT2D eigenvalue weighted by atomic mass is 10.1. The standard InChI is InChI=1S/C9H10N4O/c1-7(11-9(14)12-13-10)8-5-3-2-4-6-8/h2-7H,1H3,(H,11,14)/t7-/m1/s1. The molecule has 0 heterocycles. The maximum atomic E-state index is 10.9. The van der Waals surface area contributed by atoms with Gasteiger partial charge in [0, 0.05) is 10.0 Å². The molecule has 1 aromatic carbocycles. The number of azide groups is 1. The number of rotatable bonds is 2. The van der Waals surface area contributed by atoms with Crippen molar-refractivity contribution in [1.82, 2.24) is 5.32 Å². The molecule has 72 valence electrons. The van der Waals surface area contributed by atoms with Crippen LogP contribution in [0.25, 0.3) is 10.4 Å². The van der Waals surface area contributed by atoms with Gasteiger partial charge in [-0.25, -0.2) is 0 Å². The summed E-state index contributed by atoms with van der Waals surface area (Å²) in [5.74, 6) is 0. The van der Waals surface area contributed by atoms with Crippen molar-refractivity contribution in [2.24, 2.45) is 5.11 Å². The number of urea groups is 1. The van der Waals surface area contributed by atoms with E-state index in [-0.39, 0.29) is 6.04 Å². The Hall–Kier alpha value is -2.00. The van der Waals surface area contributed by atoms with Crippen LogP contribution in [0.5, 0.6) is 0 Å². The molecule has 0 radical (unpaired) electrons. The summed E-state index contributed by atoms with van der Waals surface area (Å²) in [5.41, 5.74) is 8.98. The summed E-state index contributed by atoms with van der Waals surface area (Å²) < 4.78 is 0. The first-order chi connectivity index (χ1) is 6.74. The van der Waals surface area contributed by atoms with E-state index in [2.05, 4.69) is 15.3 Å². The van der Waals surface area contributed by atoms with Gasteiger partial charge in [-0.2, -0.15) is 0 Å². The van der Waals surface area contributed by atoms with Crippen LogP contribution < -0.4 is 5.32 Å². The number of nitrogens with zero attached hydrogens (tertiary/aromatic N) is 3. The Morgan fingerprint density at radius 3 is 2.71 bits per heavy atom. The molecule has 0 aliphatic heterocycles. The van der Waals surface area contributed by atoms with E-state index >= 15 is 0 Å². The minimum atomic E-state index is -0.663. The van der Waals surface area contributed by atoms with E-state index in [0.717, 1.165) is 5.56 Å². The smallest absolute Gasteiger partial charge is 0.308 e. The average Bonchev–Trinajstić information content (AvgIpc) is 2.19. The molecule has 0 unspecified atom stereocenters. The first-order valence-electron chi connectivity index (χ1n) is 4.14. The second kappa shape index (κ2) is 4.89. The van der Waals surface area contributed by atoms with Crippen molar-refractivity contribution in [2.75, 3.05) is 0 Å². The molecule has 5 nitrogen and oxygen atoms in total. The van der Waals surface area contributed by atoms with Gasteiger partial charge in [0.1, 0.15) is 0 Å². The van der Waals surface area contributed by atoms with Gasteiger partial charge in [0.15, 0.2) is 0 Å². The van der Waals surface area contributed by atoms with Crippen LogP contribution in [0.1, 0.15) is 18.5 Å². The molecule has 0 aliphatic carbocycles. The Kier molecular flexibility index (Phi) is 3.52. The molecule has 1 aromatic rings. The maximum Gasteiger partial charge on any atom is 0.308 e. The lowest BCUT2D eigenvalue weighted by molar-refractivity contribution is 0.246. The lowest BCUT2D eigenvalue weighted by Crippen LogP contribution is -2.22. The number of hydrogen-bond donors (Lipinski definition) is 1. The third-order valence-electron chi connectivity index (χ3n) is 1.78. The molecular formula is C9H10N4O. The van der Waals surface area contributed by atoms with Crippen molar-refractivity contribution in [3.8, 4) is 0 Å². The quantitative estimate of drug-likeness (QED) is 0.434. The summed E-state index contributed by atoms with van der Waals surface area (Å²) in [4.78, 5) is 13.3. The molecule has 1 N–H and O–H groups in total. The van der Waals surface area contributed by atoms with Gasteiger partial charge in [-0.3, -0.25) is 4.79 Å². The molecular weight excluding hydrogens is 180 g/mol. The monoisotopic (exact) mass is 190 g/mol. The van der Waals surface area contributed by atoms with E-state index in [0.29, 0.717) is 0 Å². The van der Waals surface area contributed by atoms with Crippen molar-refractivity contribution in [3.63, 3.8) is 0 Å². The third kappa shape index (κ3) is 2.80. The van der Waals surface area contributed by atoms with Crippen LogP contribution in [-0.4, -0.2) is 6.03 Å². The topological polar surface area (TPSA) is 77.9 Å². The predicted molar refractivity (Wildman–Crippen MR) is 52.5 cm³/mol. The normalized spacial score (nSPS) is 11.2. The number of amides is 2. The molecule has 0 spiro atoms. The first-order valence-corrected chi connectivity index (χ1v) is 4.14. The highest BCUT2D eigenvalue weighted by molar-refractivity contribution is 5.75. The zero-order valence-corrected chi connectivity index (χ0v) is 7.71. The molecule has 0 aromatic heterocycles. The summed E-state index contributed by atoms with van der Waals surface area (Å²) >= 11 is 0. The minimum Gasteiger partial charge on any atom is -0.344 e. The Morgan fingerprint density at radius 1 is 1.50 bits per heavy atom. The Labute approximate surface area is 81.4 Å². The molecule has 0 saturated heterocycles. The summed E-state index contributed by atoms with van der Waals surface area (Å²) in [7, 11) is 0. The number of hydrogen-bond acceptors (Lipinski definition) is 1. The van der Waals surface area contributed by atoms with Crippen molar-refractivity contribution < 1.29 is 4.79 Å². The highest BCUT2D eigenvalue weighted by atomic mass is 16.2.